The van der Waals surface area contributed by atoms with Gasteiger partial charge in [0.05, 0.1) is 18.1 Å². The number of carbonyl (C=O) groups is 2. The monoisotopic (exact) mass is 348 g/mol. The van der Waals surface area contributed by atoms with Gasteiger partial charge in [-0.05, 0) is 51.1 Å². The minimum atomic E-state index is -0.439. The Morgan fingerprint density at radius 1 is 1.04 bits per heavy atom. The highest BCUT2D eigenvalue weighted by molar-refractivity contribution is 7.13. The van der Waals surface area contributed by atoms with Gasteiger partial charge in [-0.15, -0.1) is 11.3 Å². The first-order valence-corrected chi connectivity index (χ1v) is 8.24. The van der Waals surface area contributed by atoms with Crippen molar-refractivity contribution < 1.29 is 19.1 Å². The summed E-state index contributed by atoms with van der Waals surface area (Å²) < 4.78 is 10.8. The van der Waals surface area contributed by atoms with E-state index in [1.54, 1.807) is 24.3 Å². The summed E-state index contributed by atoms with van der Waals surface area (Å²) >= 11 is 1.36. The summed E-state index contributed by atoms with van der Waals surface area (Å²) in [5, 5.41) is 0. The second-order valence-corrected chi connectivity index (χ2v) is 6.64. The van der Waals surface area contributed by atoms with Gasteiger partial charge < -0.3 is 9.47 Å². The number of ether oxygens (including phenoxy) is 2. The van der Waals surface area contributed by atoms with E-state index in [1.807, 2.05) is 26.8 Å². The molecule has 0 saturated heterocycles. The third-order valence-electron chi connectivity index (χ3n) is 3.04. The van der Waals surface area contributed by atoms with Crippen LogP contribution in [0.2, 0.25) is 0 Å². The molecule has 0 aliphatic rings. The molecule has 24 heavy (non-hydrogen) atoms. The molecule has 0 saturated carbocycles. The number of amides is 2. The number of benzene rings is 1. The van der Waals surface area contributed by atoms with E-state index >= 15 is 0 Å². The van der Waals surface area contributed by atoms with Crippen LogP contribution in [-0.2, 0) is 0 Å². The summed E-state index contributed by atoms with van der Waals surface area (Å²) in [6, 6.07) is 8.39. The van der Waals surface area contributed by atoms with Crippen LogP contribution in [0.3, 0.4) is 0 Å². The average Bonchev–Trinajstić information content (AvgIpc) is 2.98. The highest BCUT2D eigenvalue weighted by Gasteiger charge is 2.14. The third kappa shape index (κ3) is 4.48. The van der Waals surface area contributed by atoms with Crippen molar-refractivity contribution in [3.8, 4) is 11.5 Å². The molecule has 0 fully saturated rings. The van der Waals surface area contributed by atoms with Crippen molar-refractivity contribution >= 4 is 23.2 Å². The Bertz CT molecular complexity index is 740. The molecule has 1 heterocycles. The smallest absolute Gasteiger partial charge is 0.279 e. The lowest BCUT2D eigenvalue weighted by Gasteiger charge is -2.14. The zero-order valence-corrected chi connectivity index (χ0v) is 14.8. The maximum Gasteiger partial charge on any atom is 0.279 e. The summed E-state index contributed by atoms with van der Waals surface area (Å²) in [4.78, 5) is 25.7. The Labute approximate surface area is 144 Å². The second-order valence-electron chi connectivity index (χ2n) is 5.35. The SMILES string of the molecule is COc1cc(C(=O)NNC(=O)c2ccc(C)s2)ccc1OC(C)C. The lowest BCUT2D eigenvalue weighted by atomic mass is 10.2. The molecular weight excluding hydrogens is 328 g/mol. The molecule has 0 radical (unpaired) electrons. The Morgan fingerprint density at radius 3 is 2.33 bits per heavy atom. The van der Waals surface area contributed by atoms with Gasteiger partial charge in [0.2, 0.25) is 0 Å². The van der Waals surface area contributed by atoms with Crippen LogP contribution in [0.4, 0.5) is 0 Å². The second kappa shape index (κ2) is 7.83. The molecule has 0 bridgehead atoms. The molecule has 1 aromatic carbocycles. The molecular formula is C17H20N2O4S. The van der Waals surface area contributed by atoms with Gasteiger partial charge >= 0.3 is 0 Å². The number of hydrogen-bond acceptors (Lipinski definition) is 5. The molecule has 2 rings (SSSR count). The van der Waals surface area contributed by atoms with Crippen LogP contribution in [-0.4, -0.2) is 25.0 Å². The first-order valence-electron chi connectivity index (χ1n) is 7.42. The third-order valence-corrected chi connectivity index (χ3v) is 4.04. The standard InChI is InChI=1S/C17H20N2O4S/c1-10(2)23-13-7-6-12(9-14(13)22-4)16(20)18-19-17(21)15-8-5-11(3)24-15/h5-10H,1-4H3,(H,18,20)(H,19,21). The summed E-state index contributed by atoms with van der Waals surface area (Å²) in [7, 11) is 1.51. The van der Waals surface area contributed by atoms with Gasteiger partial charge in [-0.2, -0.15) is 0 Å². The number of aryl methyl sites for hydroxylation is 1. The van der Waals surface area contributed by atoms with Crippen molar-refractivity contribution in [2.75, 3.05) is 7.11 Å². The minimum Gasteiger partial charge on any atom is -0.493 e. The summed E-state index contributed by atoms with van der Waals surface area (Å²) in [6.07, 6.45) is -0.00730. The minimum absolute atomic E-state index is 0.00730. The van der Waals surface area contributed by atoms with Crippen LogP contribution in [0.25, 0.3) is 0 Å². The summed E-state index contributed by atoms with van der Waals surface area (Å²) in [5.74, 6) is 0.220. The highest BCUT2D eigenvalue weighted by atomic mass is 32.1. The van der Waals surface area contributed by atoms with Gasteiger partial charge in [0.15, 0.2) is 11.5 Å². The van der Waals surface area contributed by atoms with Crippen LogP contribution in [0.15, 0.2) is 30.3 Å². The number of hydrazine groups is 1. The number of nitrogens with one attached hydrogen (secondary N) is 2. The number of methoxy groups -OCH3 is 1. The van der Waals surface area contributed by atoms with Gasteiger partial charge in [-0.25, -0.2) is 0 Å². The van der Waals surface area contributed by atoms with Crippen LogP contribution < -0.4 is 20.3 Å². The highest BCUT2D eigenvalue weighted by Crippen LogP contribution is 2.28. The number of thiophene rings is 1. The lowest BCUT2D eigenvalue weighted by Crippen LogP contribution is -2.41. The first-order chi connectivity index (χ1) is 11.4. The molecule has 0 atom stereocenters. The largest absolute Gasteiger partial charge is 0.493 e. The molecule has 1 aromatic heterocycles. The Hall–Kier alpha value is -2.54. The van der Waals surface area contributed by atoms with E-state index in [4.69, 9.17) is 9.47 Å². The fourth-order valence-corrected chi connectivity index (χ4v) is 2.73. The Balaban J connectivity index is 2.03. The van der Waals surface area contributed by atoms with Gasteiger partial charge in [-0.1, -0.05) is 0 Å². The van der Waals surface area contributed by atoms with E-state index in [2.05, 4.69) is 10.9 Å². The van der Waals surface area contributed by atoms with E-state index in [0.29, 0.717) is 21.9 Å². The van der Waals surface area contributed by atoms with E-state index in [9.17, 15) is 9.59 Å². The molecule has 0 aliphatic heterocycles. The van der Waals surface area contributed by atoms with Crippen LogP contribution in [0.5, 0.6) is 11.5 Å². The Morgan fingerprint density at radius 2 is 1.75 bits per heavy atom. The van der Waals surface area contributed by atoms with Crippen molar-refractivity contribution in [2.45, 2.75) is 26.9 Å². The number of rotatable bonds is 5. The van der Waals surface area contributed by atoms with Crippen molar-refractivity contribution in [1.29, 1.82) is 0 Å². The maximum atomic E-state index is 12.2. The summed E-state index contributed by atoms with van der Waals surface area (Å²) in [5.41, 5.74) is 5.14. The predicted octanol–water partition coefficient (Wildman–Crippen LogP) is 2.93. The molecule has 2 N–H and O–H groups in total. The van der Waals surface area contributed by atoms with Crippen molar-refractivity contribution in [3.63, 3.8) is 0 Å². The molecule has 0 spiro atoms. The molecule has 7 heteroatoms. The van der Waals surface area contributed by atoms with Crippen molar-refractivity contribution in [3.05, 3.63) is 45.6 Å². The fraction of sp³-hybridized carbons (Fsp3) is 0.294. The van der Waals surface area contributed by atoms with Crippen molar-refractivity contribution in [2.24, 2.45) is 0 Å². The zero-order chi connectivity index (χ0) is 17.7. The predicted molar refractivity (Wildman–Crippen MR) is 92.7 cm³/mol. The first kappa shape index (κ1) is 17.8. The normalized spacial score (nSPS) is 10.4. The van der Waals surface area contributed by atoms with E-state index < -0.39 is 5.91 Å². The van der Waals surface area contributed by atoms with Gasteiger partial charge in [-0.3, -0.25) is 20.4 Å². The Kier molecular flexibility index (Phi) is 5.81. The zero-order valence-electron chi connectivity index (χ0n) is 14.0. The van der Waals surface area contributed by atoms with Crippen LogP contribution in [0, 0.1) is 6.92 Å². The van der Waals surface area contributed by atoms with Crippen molar-refractivity contribution in [1.82, 2.24) is 10.9 Å². The van der Waals surface area contributed by atoms with E-state index in [0.717, 1.165) is 4.88 Å². The van der Waals surface area contributed by atoms with E-state index in [-0.39, 0.29) is 12.0 Å². The molecule has 0 unspecified atom stereocenters. The van der Waals surface area contributed by atoms with Crippen LogP contribution >= 0.6 is 11.3 Å². The van der Waals surface area contributed by atoms with Gasteiger partial charge in [0.1, 0.15) is 0 Å². The summed E-state index contributed by atoms with van der Waals surface area (Å²) in [6.45, 7) is 5.72. The topological polar surface area (TPSA) is 76.7 Å². The fourth-order valence-electron chi connectivity index (χ4n) is 1.96. The quantitative estimate of drug-likeness (QED) is 0.815. The van der Waals surface area contributed by atoms with Crippen LogP contribution in [0.1, 0.15) is 38.8 Å². The maximum absolute atomic E-state index is 12.2. The lowest BCUT2D eigenvalue weighted by molar-refractivity contribution is 0.0848. The molecule has 6 nitrogen and oxygen atoms in total. The number of hydrogen-bond donors (Lipinski definition) is 2. The average molecular weight is 348 g/mol. The van der Waals surface area contributed by atoms with E-state index in [1.165, 1.54) is 18.4 Å². The molecule has 2 aromatic rings. The van der Waals surface area contributed by atoms with Gasteiger partial charge in [0, 0.05) is 10.4 Å². The molecule has 0 aliphatic carbocycles. The molecule has 2 amide bonds. The number of carbonyl (C=O) groups excluding carboxylic acids is 2. The molecule has 128 valence electrons. The van der Waals surface area contributed by atoms with Gasteiger partial charge in [0.25, 0.3) is 11.8 Å².